The number of hydrogen-bond donors (Lipinski definition) is 1. The van der Waals surface area contributed by atoms with Crippen LogP contribution in [0.25, 0.3) is 0 Å². The lowest BCUT2D eigenvalue weighted by atomic mass is 10.1. The molecule has 1 N–H and O–H groups in total. The van der Waals surface area contributed by atoms with E-state index in [0.29, 0.717) is 17.1 Å². The second kappa shape index (κ2) is 6.57. The van der Waals surface area contributed by atoms with Gasteiger partial charge in [0.2, 0.25) is 0 Å². The van der Waals surface area contributed by atoms with Gasteiger partial charge in [-0.1, -0.05) is 23.2 Å². The summed E-state index contributed by atoms with van der Waals surface area (Å²) in [7, 11) is 0. The first-order chi connectivity index (χ1) is 9.49. The third-order valence-corrected chi connectivity index (χ3v) is 3.78. The third-order valence-electron chi connectivity index (χ3n) is 3.07. The van der Waals surface area contributed by atoms with Gasteiger partial charge in [0.05, 0.1) is 11.6 Å². The number of nitrogens with zero attached hydrogens (tertiary/aromatic N) is 2. The lowest BCUT2D eigenvalue weighted by molar-refractivity contribution is 0.412. The highest BCUT2D eigenvalue weighted by atomic mass is 35.5. The van der Waals surface area contributed by atoms with E-state index in [9.17, 15) is 4.39 Å². The lowest BCUT2D eigenvalue weighted by Gasteiger charge is -2.22. The zero-order valence-corrected chi connectivity index (χ0v) is 12.8. The van der Waals surface area contributed by atoms with E-state index >= 15 is 0 Å². The zero-order chi connectivity index (χ0) is 14.7. The first-order valence-corrected chi connectivity index (χ1v) is 7.11. The topological polar surface area (TPSA) is 29.9 Å². The first-order valence-electron chi connectivity index (χ1n) is 6.36. The Hall–Kier alpha value is -1.10. The second-order valence-corrected chi connectivity index (χ2v) is 5.56. The second-order valence-electron chi connectivity index (χ2n) is 4.77. The summed E-state index contributed by atoms with van der Waals surface area (Å²) in [6.45, 7) is 4.65. The molecule has 0 amide bonds. The molecule has 1 aromatic carbocycles. The quantitative estimate of drug-likeness (QED) is 0.843. The van der Waals surface area contributed by atoms with Crippen LogP contribution in [0, 0.1) is 5.82 Å². The maximum absolute atomic E-state index is 13.5. The Kier molecular flexibility index (Phi) is 5.02. The van der Waals surface area contributed by atoms with Gasteiger partial charge in [0.25, 0.3) is 0 Å². The van der Waals surface area contributed by atoms with Gasteiger partial charge in [-0.2, -0.15) is 5.10 Å². The molecule has 0 spiro atoms. The predicted octanol–water partition coefficient (Wildman–Crippen LogP) is 4.07. The number of aromatic nitrogens is 2. The zero-order valence-electron chi connectivity index (χ0n) is 11.3. The average molecular weight is 316 g/mol. The summed E-state index contributed by atoms with van der Waals surface area (Å²) < 4.78 is 15.4. The Labute approximate surface area is 127 Å². The summed E-state index contributed by atoms with van der Waals surface area (Å²) >= 11 is 12.1. The fraction of sp³-hybridized carbons (Fsp3) is 0.357. The van der Waals surface area contributed by atoms with E-state index in [-0.39, 0.29) is 17.1 Å². The van der Waals surface area contributed by atoms with Crippen molar-refractivity contribution in [3.05, 3.63) is 52.0 Å². The highest BCUT2D eigenvalue weighted by Crippen LogP contribution is 2.32. The molecule has 0 saturated heterocycles. The molecule has 1 heterocycles. The van der Waals surface area contributed by atoms with Crippen LogP contribution in [0.3, 0.4) is 0 Å². The minimum absolute atomic E-state index is 0.0730. The molecule has 2 atom stereocenters. The van der Waals surface area contributed by atoms with Crippen molar-refractivity contribution >= 4 is 23.2 Å². The van der Waals surface area contributed by atoms with E-state index < -0.39 is 5.82 Å². The molecular formula is C14H16Cl2FN3. The summed E-state index contributed by atoms with van der Waals surface area (Å²) in [4.78, 5) is 0. The third kappa shape index (κ3) is 3.51. The van der Waals surface area contributed by atoms with Crippen LogP contribution in [-0.2, 0) is 6.54 Å². The summed E-state index contributed by atoms with van der Waals surface area (Å²) in [5.41, 5.74) is 0.584. The van der Waals surface area contributed by atoms with Crippen molar-refractivity contribution in [3.8, 4) is 0 Å². The van der Waals surface area contributed by atoms with Crippen molar-refractivity contribution in [1.29, 1.82) is 0 Å². The van der Waals surface area contributed by atoms with Crippen molar-refractivity contribution in [1.82, 2.24) is 15.1 Å². The van der Waals surface area contributed by atoms with Crippen LogP contribution in [0.5, 0.6) is 0 Å². The highest BCUT2D eigenvalue weighted by Gasteiger charge is 2.18. The van der Waals surface area contributed by atoms with Crippen molar-refractivity contribution in [3.63, 3.8) is 0 Å². The summed E-state index contributed by atoms with van der Waals surface area (Å²) in [5.74, 6) is -0.459. The predicted molar refractivity (Wildman–Crippen MR) is 79.7 cm³/mol. The van der Waals surface area contributed by atoms with Crippen LogP contribution < -0.4 is 5.32 Å². The standard InChI is InChI=1S/C14H16Cl2FN3/c1-9(8-20-7-3-6-18-20)19-10(2)13-11(15)4-5-12(17)14(13)16/h3-7,9-10,19H,8H2,1-2H3. The Morgan fingerprint density at radius 1 is 1.35 bits per heavy atom. The number of halogens is 3. The Morgan fingerprint density at radius 2 is 2.10 bits per heavy atom. The SMILES string of the molecule is CC(Cn1cccn1)NC(C)c1c(Cl)ccc(F)c1Cl. The molecule has 0 radical (unpaired) electrons. The van der Waals surface area contributed by atoms with Crippen LogP contribution in [0.4, 0.5) is 4.39 Å². The van der Waals surface area contributed by atoms with Crippen LogP contribution in [-0.4, -0.2) is 15.8 Å². The molecule has 0 bridgehead atoms. The van der Waals surface area contributed by atoms with E-state index in [2.05, 4.69) is 10.4 Å². The summed E-state index contributed by atoms with van der Waals surface area (Å²) in [6.07, 6.45) is 3.63. The van der Waals surface area contributed by atoms with Gasteiger partial charge in [-0.15, -0.1) is 0 Å². The van der Waals surface area contributed by atoms with Crippen molar-refractivity contribution in [2.24, 2.45) is 0 Å². The molecule has 1 aromatic heterocycles. The van der Waals surface area contributed by atoms with Crippen molar-refractivity contribution < 1.29 is 4.39 Å². The molecule has 0 fully saturated rings. The molecule has 3 nitrogen and oxygen atoms in total. The molecule has 6 heteroatoms. The van der Waals surface area contributed by atoms with Gasteiger partial charge in [-0.05, 0) is 32.0 Å². The molecular weight excluding hydrogens is 300 g/mol. The van der Waals surface area contributed by atoms with Crippen LogP contribution in [0.1, 0.15) is 25.5 Å². The molecule has 0 aliphatic heterocycles. The normalized spacial score (nSPS) is 14.2. The minimum Gasteiger partial charge on any atom is -0.306 e. The Morgan fingerprint density at radius 3 is 2.75 bits per heavy atom. The van der Waals surface area contributed by atoms with Crippen LogP contribution in [0.15, 0.2) is 30.6 Å². The van der Waals surface area contributed by atoms with Gasteiger partial charge in [0.1, 0.15) is 5.82 Å². The molecule has 0 aliphatic rings. The largest absolute Gasteiger partial charge is 0.306 e. The first kappa shape index (κ1) is 15.3. The Balaban J connectivity index is 2.08. The van der Waals surface area contributed by atoms with E-state index in [1.807, 2.05) is 30.8 Å². The summed E-state index contributed by atoms with van der Waals surface area (Å²) in [6, 6.07) is 4.65. The van der Waals surface area contributed by atoms with Crippen molar-refractivity contribution in [2.45, 2.75) is 32.5 Å². The molecule has 108 valence electrons. The van der Waals surface area contributed by atoms with Gasteiger partial charge in [0, 0.05) is 35.1 Å². The van der Waals surface area contributed by atoms with Gasteiger partial charge in [-0.3, -0.25) is 4.68 Å². The van der Waals surface area contributed by atoms with Gasteiger partial charge in [0.15, 0.2) is 0 Å². The monoisotopic (exact) mass is 315 g/mol. The smallest absolute Gasteiger partial charge is 0.142 e. The molecule has 2 unspecified atom stereocenters. The lowest BCUT2D eigenvalue weighted by Crippen LogP contribution is -2.33. The number of benzene rings is 1. The van der Waals surface area contributed by atoms with Gasteiger partial charge >= 0.3 is 0 Å². The van der Waals surface area contributed by atoms with E-state index in [1.165, 1.54) is 12.1 Å². The summed E-state index contributed by atoms with van der Waals surface area (Å²) in [5, 5.41) is 8.03. The van der Waals surface area contributed by atoms with Crippen LogP contribution in [0.2, 0.25) is 10.0 Å². The minimum atomic E-state index is -0.459. The fourth-order valence-corrected chi connectivity index (χ4v) is 2.89. The van der Waals surface area contributed by atoms with E-state index in [1.54, 1.807) is 6.20 Å². The molecule has 20 heavy (non-hydrogen) atoms. The molecule has 2 rings (SSSR count). The molecule has 0 aliphatic carbocycles. The average Bonchev–Trinajstić information content (AvgIpc) is 2.87. The highest BCUT2D eigenvalue weighted by molar-refractivity contribution is 6.36. The number of rotatable bonds is 5. The maximum atomic E-state index is 13.5. The van der Waals surface area contributed by atoms with E-state index in [0.717, 1.165) is 0 Å². The van der Waals surface area contributed by atoms with Crippen LogP contribution >= 0.6 is 23.2 Å². The fourth-order valence-electron chi connectivity index (χ4n) is 2.19. The van der Waals surface area contributed by atoms with E-state index in [4.69, 9.17) is 23.2 Å². The van der Waals surface area contributed by atoms with Gasteiger partial charge in [-0.25, -0.2) is 4.39 Å². The number of hydrogen-bond acceptors (Lipinski definition) is 2. The molecule has 0 saturated carbocycles. The molecule has 2 aromatic rings. The van der Waals surface area contributed by atoms with Gasteiger partial charge < -0.3 is 5.32 Å². The maximum Gasteiger partial charge on any atom is 0.142 e. The van der Waals surface area contributed by atoms with Crippen molar-refractivity contribution in [2.75, 3.05) is 0 Å². The number of nitrogens with one attached hydrogen (secondary N) is 1. The Bertz CT molecular complexity index is 572.